The van der Waals surface area contributed by atoms with Crippen LogP contribution in [0.2, 0.25) is 0 Å². The number of aryl methyl sites for hydroxylation is 1. The van der Waals surface area contributed by atoms with Gasteiger partial charge in [0.15, 0.2) is 0 Å². The largest absolute Gasteiger partial charge is 0.422 e. The molecule has 96 valence electrons. The van der Waals surface area contributed by atoms with Crippen molar-refractivity contribution in [1.82, 2.24) is 4.98 Å². The zero-order chi connectivity index (χ0) is 13.7. The molecule has 4 heteroatoms. The molecule has 0 saturated carbocycles. The van der Waals surface area contributed by atoms with E-state index in [2.05, 4.69) is 27.6 Å². The van der Waals surface area contributed by atoms with E-state index in [1.54, 1.807) is 18.2 Å². The van der Waals surface area contributed by atoms with Crippen LogP contribution in [0.4, 0.5) is 0 Å². The summed E-state index contributed by atoms with van der Waals surface area (Å²) in [6.07, 6.45) is 4.67. The molecule has 0 radical (unpaired) electrons. The van der Waals surface area contributed by atoms with Crippen LogP contribution in [-0.4, -0.2) is 11.0 Å². The predicted molar refractivity (Wildman–Crippen MR) is 82.8 cm³/mol. The van der Waals surface area contributed by atoms with Crippen molar-refractivity contribution < 1.29 is 9.53 Å². The van der Waals surface area contributed by atoms with Gasteiger partial charge in [-0.25, -0.2) is 4.79 Å². The SMILES string of the molecule is Cc1ccc(OC(=O)C=Cc2cccc(I)c2)cn1. The summed E-state index contributed by atoms with van der Waals surface area (Å²) >= 11 is 2.23. The highest BCUT2D eigenvalue weighted by molar-refractivity contribution is 14.1. The summed E-state index contributed by atoms with van der Waals surface area (Å²) in [5.41, 5.74) is 1.85. The van der Waals surface area contributed by atoms with Crippen LogP contribution in [0.25, 0.3) is 6.08 Å². The van der Waals surface area contributed by atoms with Gasteiger partial charge in [0.05, 0.1) is 6.20 Å². The number of esters is 1. The second kappa shape index (κ2) is 6.47. The molecular formula is C15H12INO2. The van der Waals surface area contributed by atoms with Crippen molar-refractivity contribution in [3.05, 3.63) is 63.5 Å². The molecule has 0 spiro atoms. The lowest BCUT2D eigenvalue weighted by atomic mass is 10.2. The first-order valence-corrected chi connectivity index (χ1v) is 6.79. The molecule has 3 nitrogen and oxygen atoms in total. The van der Waals surface area contributed by atoms with Gasteiger partial charge in [-0.3, -0.25) is 4.98 Å². The first-order valence-electron chi connectivity index (χ1n) is 5.71. The quantitative estimate of drug-likeness (QED) is 0.474. The molecular weight excluding hydrogens is 353 g/mol. The number of nitrogens with zero attached hydrogens (tertiary/aromatic N) is 1. The maximum atomic E-state index is 11.6. The number of ether oxygens (including phenoxy) is 1. The molecule has 1 aromatic heterocycles. The van der Waals surface area contributed by atoms with Crippen LogP contribution >= 0.6 is 22.6 Å². The second-order valence-corrected chi connectivity index (χ2v) is 5.19. The van der Waals surface area contributed by atoms with Crippen molar-refractivity contribution in [1.29, 1.82) is 0 Å². The lowest BCUT2D eigenvalue weighted by molar-refractivity contribution is -0.128. The van der Waals surface area contributed by atoms with Gasteiger partial charge in [-0.15, -0.1) is 0 Å². The average Bonchev–Trinajstić information content (AvgIpc) is 2.39. The van der Waals surface area contributed by atoms with Crippen LogP contribution in [0.5, 0.6) is 5.75 Å². The van der Waals surface area contributed by atoms with Crippen molar-refractivity contribution in [2.45, 2.75) is 6.92 Å². The third kappa shape index (κ3) is 4.48. The van der Waals surface area contributed by atoms with Gasteiger partial charge in [0.2, 0.25) is 0 Å². The molecule has 0 aliphatic rings. The molecule has 0 fully saturated rings. The molecule has 0 N–H and O–H groups in total. The van der Waals surface area contributed by atoms with Gasteiger partial charge in [-0.1, -0.05) is 12.1 Å². The van der Waals surface area contributed by atoms with Crippen LogP contribution in [-0.2, 0) is 4.79 Å². The number of carbonyl (C=O) groups is 1. The minimum atomic E-state index is -0.412. The highest BCUT2D eigenvalue weighted by atomic mass is 127. The number of aromatic nitrogens is 1. The number of benzene rings is 1. The van der Waals surface area contributed by atoms with E-state index in [-0.39, 0.29) is 0 Å². The van der Waals surface area contributed by atoms with E-state index in [0.29, 0.717) is 5.75 Å². The van der Waals surface area contributed by atoms with E-state index in [9.17, 15) is 4.79 Å². The van der Waals surface area contributed by atoms with Crippen LogP contribution in [0.3, 0.4) is 0 Å². The maximum absolute atomic E-state index is 11.6. The van der Waals surface area contributed by atoms with E-state index in [0.717, 1.165) is 14.8 Å². The minimum Gasteiger partial charge on any atom is -0.422 e. The maximum Gasteiger partial charge on any atom is 0.336 e. The van der Waals surface area contributed by atoms with E-state index >= 15 is 0 Å². The van der Waals surface area contributed by atoms with E-state index in [1.807, 2.05) is 31.2 Å². The van der Waals surface area contributed by atoms with Gasteiger partial charge < -0.3 is 4.74 Å². The number of hydrogen-bond acceptors (Lipinski definition) is 3. The summed E-state index contributed by atoms with van der Waals surface area (Å²) in [6, 6.07) is 11.4. The van der Waals surface area contributed by atoms with Crippen molar-refractivity contribution in [3.63, 3.8) is 0 Å². The lowest BCUT2D eigenvalue weighted by Gasteiger charge is -2.00. The monoisotopic (exact) mass is 365 g/mol. The zero-order valence-corrected chi connectivity index (χ0v) is 12.5. The number of rotatable bonds is 3. The Bertz CT molecular complexity index is 606. The van der Waals surface area contributed by atoms with Crippen LogP contribution in [0.15, 0.2) is 48.7 Å². The van der Waals surface area contributed by atoms with Crippen molar-refractivity contribution in [3.8, 4) is 5.75 Å². The van der Waals surface area contributed by atoms with Crippen molar-refractivity contribution in [2.75, 3.05) is 0 Å². The molecule has 0 aliphatic heterocycles. The van der Waals surface area contributed by atoms with Gasteiger partial charge in [-0.05, 0) is 65.4 Å². The normalized spacial score (nSPS) is 10.6. The molecule has 1 aromatic carbocycles. The smallest absolute Gasteiger partial charge is 0.336 e. The zero-order valence-electron chi connectivity index (χ0n) is 10.3. The molecule has 0 bridgehead atoms. The average molecular weight is 365 g/mol. The van der Waals surface area contributed by atoms with Gasteiger partial charge in [0, 0.05) is 15.3 Å². The van der Waals surface area contributed by atoms with Crippen molar-refractivity contribution >= 4 is 34.6 Å². The molecule has 2 aromatic rings. The second-order valence-electron chi connectivity index (χ2n) is 3.94. The first-order chi connectivity index (χ1) is 9.13. The fourth-order valence-electron chi connectivity index (χ4n) is 1.44. The van der Waals surface area contributed by atoms with Crippen LogP contribution in [0.1, 0.15) is 11.3 Å². The Kier molecular flexibility index (Phi) is 4.68. The van der Waals surface area contributed by atoms with Crippen LogP contribution < -0.4 is 4.74 Å². The van der Waals surface area contributed by atoms with Gasteiger partial charge in [0.1, 0.15) is 5.75 Å². The number of halogens is 1. The predicted octanol–water partition coefficient (Wildman–Crippen LogP) is 3.61. The van der Waals surface area contributed by atoms with E-state index in [4.69, 9.17) is 4.74 Å². The van der Waals surface area contributed by atoms with Gasteiger partial charge in [0.25, 0.3) is 0 Å². The lowest BCUT2D eigenvalue weighted by Crippen LogP contribution is -2.03. The highest BCUT2D eigenvalue weighted by Crippen LogP contribution is 2.11. The molecule has 19 heavy (non-hydrogen) atoms. The topological polar surface area (TPSA) is 39.2 Å². The summed E-state index contributed by atoms with van der Waals surface area (Å²) < 4.78 is 6.25. The Balaban J connectivity index is 1.99. The first kappa shape index (κ1) is 13.7. The summed E-state index contributed by atoms with van der Waals surface area (Å²) in [5, 5.41) is 0. The van der Waals surface area contributed by atoms with Crippen molar-refractivity contribution in [2.24, 2.45) is 0 Å². The third-order valence-electron chi connectivity index (χ3n) is 2.36. The van der Waals surface area contributed by atoms with Gasteiger partial charge in [-0.2, -0.15) is 0 Å². The Morgan fingerprint density at radius 2 is 2.16 bits per heavy atom. The molecule has 0 saturated heterocycles. The van der Waals surface area contributed by atoms with E-state index < -0.39 is 5.97 Å². The van der Waals surface area contributed by atoms with Gasteiger partial charge >= 0.3 is 5.97 Å². The molecule has 0 amide bonds. The van der Waals surface area contributed by atoms with E-state index in [1.165, 1.54) is 12.3 Å². The minimum absolute atomic E-state index is 0.412. The Morgan fingerprint density at radius 1 is 1.32 bits per heavy atom. The molecule has 1 heterocycles. The number of carbonyl (C=O) groups excluding carboxylic acids is 1. The molecule has 0 atom stereocenters. The fourth-order valence-corrected chi connectivity index (χ4v) is 2.01. The third-order valence-corrected chi connectivity index (χ3v) is 3.03. The van der Waals surface area contributed by atoms with Crippen LogP contribution in [0, 0.1) is 10.5 Å². The summed E-state index contributed by atoms with van der Waals surface area (Å²) in [6.45, 7) is 1.88. The fraction of sp³-hybridized carbons (Fsp3) is 0.0667. The summed E-state index contributed by atoms with van der Waals surface area (Å²) in [4.78, 5) is 15.7. The molecule has 0 unspecified atom stereocenters. The summed E-state index contributed by atoms with van der Waals surface area (Å²) in [7, 11) is 0. The number of pyridine rings is 1. The Morgan fingerprint density at radius 3 is 2.84 bits per heavy atom. The Labute approximate surface area is 125 Å². The number of hydrogen-bond donors (Lipinski definition) is 0. The Hall–Kier alpha value is -1.69. The molecule has 2 rings (SSSR count). The highest BCUT2D eigenvalue weighted by Gasteiger charge is 2.00. The standard InChI is InChI=1S/C15H12INO2/c1-11-5-7-14(10-17-11)19-15(18)8-6-12-3-2-4-13(16)9-12/h2-10H,1H3. The summed E-state index contributed by atoms with van der Waals surface area (Å²) in [5.74, 6) is 0.0346. The molecule has 0 aliphatic carbocycles.